The van der Waals surface area contributed by atoms with Gasteiger partial charge in [0.25, 0.3) is 0 Å². The molecule has 2 rings (SSSR count). The third kappa shape index (κ3) is 1.26. The van der Waals surface area contributed by atoms with Gasteiger partial charge in [-0.25, -0.2) is 0 Å². The van der Waals surface area contributed by atoms with E-state index in [-0.39, 0.29) is 5.78 Å². The lowest BCUT2D eigenvalue weighted by atomic mass is 9.84. The van der Waals surface area contributed by atoms with Crippen LogP contribution in [0.4, 0.5) is 0 Å². The lowest BCUT2D eigenvalue weighted by Crippen LogP contribution is -2.58. The molecule has 0 bridgehead atoms. The normalized spacial score (nSPS) is 19.7. The number of aryl methyl sites for hydroxylation is 1. The number of rotatable bonds is 0. The van der Waals surface area contributed by atoms with E-state index in [2.05, 4.69) is 0 Å². The van der Waals surface area contributed by atoms with Gasteiger partial charge in [-0.2, -0.15) is 0 Å². The number of ketones is 1. The minimum Gasteiger partial charge on any atom is -0.307 e. The Morgan fingerprint density at radius 2 is 1.92 bits per heavy atom. The van der Waals surface area contributed by atoms with Crippen LogP contribution in [0.3, 0.4) is 0 Å². The first-order chi connectivity index (χ1) is 6.11. The van der Waals surface area contributed by atoms with Gasteiger partial charge in [0.15, 0.2) is 5.78 Å². The van der Waals surface area contributed by atoms with Crippen molar-refractivity contribution in [1.82, 2.24) is 0 Å². The SMILES string of the molecule is NC1(N)CCc2ccccc2C1=O. The molecule has 68 valence electrons. The molecule has 0 fully saturated rings. The van der Waals surface area contributed by atoms with Gasteiger partial charge in [0.05, 0.1) is 0 Å². The molecule has 0 aliphatic heterocycles. The molecule has 0 radical (unpaired) electrons. The third-order valence-corrected chi connectivity index (χ3v) is 2.49. The quantitative estimate of drug-likeness (QED) is 0.563. The van der Waals surface area contributed by atoms with Crippen LogP contribution in [0.2, 0.25) is 0 Å². The number of hydrogen-bond acceptors (Lipinski definition) is 3. The zero-order chi connectivity index (χ0) is 9.47. The van der Waals surface area contributed by atoms with Crippen molar-refractivity contribution < 1.29 is 4.79 Å². The van der Waals surface area contributed by atoms with Gasteiger partial charge in [0, 0.05) is 5.56 Å². The lowest BCUT2D eigenvalue weighted by Gasteiger charge is -2.28. The summed E-state index contributed by atoms with van der Waals surface area (Å²) < 4.78 is 0. The fraction of sp³-hybridized carbons (Fsp3) is 0.300. The van der Waals surface area contributed by atoms with Crippen LogP contribution in [0, 0.1) is 0 Å². The van der Waals surface area contributed by atoms with Crippen molar-refractivity contribution in [2.24, 2.45) is 11.5 Å². The summed E-state index contributed by atoms with van der Waals surface area (Å²) in [5.74, 6) is -0.144. The molecular formula is C10H12N2O. The lowest BCUT2D eigenvalue weighted by molar-refractivity contribution is 0.0871. The van der Waals surface area contributed by atoms with Crippen LogP contribution >= 0.6 is 0 Å². The highest BCUT2D eigenvalue weighted by atomic mass is 16.1. The van der Waals surface area contributed by atoms with E-state index in [4.69, 9.17) is 11.5 Å². The molecule has 0 aromatic heterocycles. The molecule has 3 heteroatoms. The Morgan fingerprint density at radius 3 is 2.69 bits per heavy atom. The molecule has 1 aromatic rings. The number of hydrogen-bond donors (Lipinski definition) is 2. The molecule has 0 saturated heterocycles. The average molecular weight is 176 g/mol. The maximum atomic E-state index is 11.7. The van der Waals surface area contributed by atoms with Crippen molar-refractivity contribution in [1.29, 1.82) is 0 Å². The number of benzene rings is 1. The topological polar surface area (TPSA) is 69.1 Å². The molecule has 0 spiro atoms. The van der Waals surface area contributed by atoms with Gasteiger partial charge < -0.3 is 11.5 Å². The van der Waals surface area contributed by atoms with Crippen molar-refractivity contribution in [3.05, 3.63) is 35.4 Å². The van der Waals surface area contributed by atoms with Crippen LogP contribution in [-0.4, -0.2) is 11.4 Å². The Morgan fingerprint density at radius 1 is 1.23 bits per heavy atom. The van der Waals surface area contributed by atoms with Gasteiger partial charge >= 0.3 is 0 Å². The summed E-state index contributed by atoms with van der Waals surface area (Å²) in [6.45, 7) is 0. The monoisotopic (exact) mass is 176 g/mol. The average Bonchev–Trinajstić information content (AvgIpc) is 2.13. The molecule has 4 N–H and O–H groups in total. The summed E-state index contributed by atoms with van der Waals surface area (Å²) in [7, 11) is 0. The predicted octanol–water partition coefficient (Wildman–Crippen LogP) is 0.429. The van der Waals surface area contributed by atoms with Gasteiger partial charge in [-0.1, -0.05) is 24.3 Å². The number of nitrogens with two attached hydrogens (primary N) is 2. The zero-order valence-electron chi connectivity index (χ0n) is 7.29. The number of carbonyl (C=O) groups is 1. The van der Waals surface area contributed by atoms with E-state index in [1.165, 1.54) is 0 Å². The van der Waals surface area contributed by atoms with E-state index >= 15 is 0 Å². The van der Waals surface area contributed by atoms with Gasteiger partial charge in [-0.3, -0.25) is 4.79 Å². The van der Waals surface area contributed by atoms with Crippen LogP contribution in [0.25, 0.3) is 0 Å². The second-order valence-corrected chi connectivity index (χ2v) is 3.53. The van der Waals surface area contributed by atoms with Gasteiger partial charge in [0.1, 0.15) is 5.66 Å². The fourth-order valence-electron chi connectivity index (χ4n) is 1.67. The highest BCUT2D eigenvalue weighted by molar-refractivity contribution is 6.04. The molecule has 1 aliphatic carbocycles. The molecule has 0 amide bonds. The van der Waals surface area contributed by atoms with E-state index in [1.807, 2.05) is 18.2 Å². The molecule has 0 unspecified atom stereocenters. The van der Waals surface area contributed by atoms with Crippen LogP contribution in [0.5, 0.6) is 0 Å². The van der Waals surface area contributed by atoms with Crippen molar-refractivity contribution in [3.63, 3.8) is 0 Å². The van der Waals surface area contributed by atoms with E-state index in [0.29, 0.717) is 12.0 Å². The fourth-order valence-corrected chi connectivity index (χ4v) is 1.67. The van der Waals surface area contributed by atoms with Gasteiger partial charge in [-0.15, -0.1) is 0 Å². The number of fused-ring (bicyclic) bond motifs is 1. The van der Waals surface area contributed by atoms with Gasteiger partial charge in [-0.05, 0) is 18.4 Å². The van der Waals surface area contributed by atoms with E-state index in [9.17, 15) is 4.79 Å². The summed E-state index contributed by atoms with van der Waals surface area (Å²) in [5.41, 5.74) is 11.9. The predicted molar refractivity (Wildman–Crippen MR) is 50.2 cm³/mol. The molecular weight excluding hydrogens is 164 g/mol. The number of carbonyl (C=O) groups excluding carboxylic acids is 1. The first kappa shape index (κ1) is 8.41. The highest BCUT2D eigenvalue weighted by Gasteiger charge is 2.34. The van der Waals surface area contributed by atoms with Crippen LogP contribution in [0.1, 0.15) is 22.3 Å². The minimum atomic E-state index is -1.16. The standard InChI is InChI=1S/C10H12N2O/c11-10(12)6-5-7-3-1-2-4-8(7)9(10)13/h1-4H,5-6,11-12H2. The van der Waals surface area contributed by atoms with Crippen molar-refractivity contribution in [3.8, 4) is 0 Å². The van der Waals surface area contributed by atoms with Crippen LogP contribution < -0.4 is 11.5 Å². The Hall–Kier alpha value is -1.19. The molecule has 3 nitrogen and oxygen atoms in total. The molecule has 1 aromatic carbocycles. The Balaban J connectivity index is 2.52. The minimum absolute atomic E-state index is 0.144. The summed E-state index contributed by atoms with van der Waals surface area (Å²) in [4.78, 5) is 11.7. The van der Waals surface area contributed by atoms with E-state index in [0.717, 1.165) is 12.0 Å². The molecule has 1 aliphatic rings. The first-order valence-electron chi connectivity index (χ1n) is 4.32. The summed E-state index contributed by atoms with van der Waals surface area (Å²) >= 11 is 0. The third-order valence-electron chi connectivity index (χ3n) is 2.49. The second-order valence-electron chi connectivity index (χ2n) is 3.53. The number of Topliss-reactive ketones (excluding diaryl/α,β-unsaturated/α-hetero) is 1. The molecule has 0 atom stereocenters. The van der Waals surface area contributed by atoms with Crippen LogP contribution in [-0.2, 0) is 6.42 Å². The summed E-state index contributed by atoms with van der Waals surface area (Å²) in [6, 6.07) is 7.48. The molecule has 13 heavy (non-hydrogen) atoms. The first-order valence-corrected chi connectivity index (χ1v) is 4.32. The van der Waals surface area contributed by atoms with Crippen molar-refractivity contribution in [2.75, 3.05) is 0 Å². The van der Waals surface area contributed by atoms with Gasteiger partial charge in [0.2, 0.25) is 0 Å². The smallest absolute Gasteiger partial charge is 0.197 e. The largest absolute Gasteiger partial charge is 0.307 e. The Kier molecular flexibility index (Phi) is 1.71. The Labute approximate surface area is 76.7 Å². The molecule has 0 saturated carbocycles. The van der Waals surface area contributed by atoms with E-state index < -0.39 is 5.66 Å². The van der Waals surface area contributed by atoms with E-state index in [1.54, 1.807) is 6.07 Å². The van der Waals surface area contributed by atoms with Crippen molar-refractivity contribution in [2.45, 2.75) is 18.5 Å². The van der Waals surface area contributed by atoms with Crippen molar-refractivity contribution >= 4 is 5.78 Å². The molecule has 0 heterocycles. The Bertz CT molecular complexity index is 358. The summed E-state index contributed by atoms with van der Waals surface area (Å²) in [5, 5.41) is 0. The highest BCUT2D eigenvalue weighted by Crippen LogP contribution is 2.23. The maximum absolute atomic E-state index is 11.7. The summed E-state index contributed by atoms with van der Waals surface area (Å²) in [6.07, 6.45) is 1.32. The zero-order valence-corrected chi connectivity index (χ0v) is 7.29. The second kappa shape index (κ2) is 2.65. The van der Waals surface area contributed by atoms with Crippen LogP contribution in [0.15, 0.2) is 24.3 Å². The maximum Gasteiger partial charge on any atom is 0.197 e.